The van der Waals surface area contributed by atoms with E-state index >= 15 is 0 Å². The number of nitrogens with zero attached hydrogens (tertiary/aromatic N) is 1. The molecule has 0 amide bonds. The molecule has 0 aromatic carbocycles. The highest BCUT2D eigenvalue weighted by Crippen LogP contribution is 2.45. The maximum absolute atomic E-state index is 6.09. The Kier molecular flexibility index (Phi) is 4.60. The van der Waals surface area contributed by atoms with E-state index in [1.54, 1.807) is 0 Å². The molecule has 1 rings (SSSR count). The molecule has 90 valence electrons. The molecule has 2 atom stereocenters. The molecule has 0 spiro atoms. The molecule has 1 fully saturated rings. The summed E-state index contributed by atoms with van der Waals surface area (Å²) in [6, 6.07) is 0.666. The van der Waals surface area contributed by atoms with Gasteiger partial charge in [-0.3, -0.25) is 4.90 Å². The molecule has 1 aliphatic carbocycles. The maximum atomic E-state index is 6.09. The molecule has 0 radical (unpaired) electrons. The summed E-state index contributed by atoms with van der Waals surface area (Å²) in [4.78, 5) is 2.66. The van der Waals surface area contributed by atoms with E-state index in [2.05, 4.69) is 32.6 Å². The second-order valence-corrected chi connectivity index (χ2v) is 4.98. The Hall–Kier alpha value is -0.0800. The second kappa shape index (κ2) is 5.31. The number of likely N-dealkylation sites (N-methyl/N-ethyl adjacent to an activating group) is 1. The van der Waals surface area contributed by atoms with Gasteiger partial charge in [0.2, 0.25) is 0 Å². The minimum Gasteiger partial charge on any atom is -0.329 e. The van der Waals surface area contributed by atoms with Crippen LogP contribution in [-0.2, 0) is 0 Å². The molecule has 1 aliphatic rings. The molecule has 0 bridgehead atoms. The van der Waals surface area contributed by atoms with Gasteiger partial charge in [-0.1, -0.05) is 20.8 Å². The van der Waals surface area contributed by atoms with Gasteiger partial charge in [0.15, 0.2) is 0 Å². The minimum absolute atomic E-state index is 0.296. The van der Waals surface area contributed by atoms with E-state index in [0.717, 1.165) is 19.0 Å². The first-order valence-electron chi connectivity index (χ1n) is 6.63. The smallest absolute Gasteiger partial charge is 0.0359 e. The molecule has 2 unspecified atom stereocenters. The molecule has 2 nitrogen and oxygen atoms in total. The SMILES string of the molecule is CCC(C)N(CC)C(CC)(CN)C1CC1. The van der Waals surface area contributed by atoms with E-state index in [0.29, 0.717) is 11.6 Å². The zero-order valence-electron chi connectivity index (χ0n) is 10.9. The van der Waals surface area contributed by atoms with Crippen LogP contribution in [0.25, 0.3) is 0 Å². The van der Waals surface area contributed by atoms with Crippen LogP contribution in [0.2, 0.25) is 0 Å². The average molecular weight is 212 g/mol. The van der Waals surface area contributed by atoms with Gasteiger partial charge < -0.3 is 5.73 Å². The van der Waals surface area contributed by atoms with E-state index in [9.17, 15) is 0 Å². The van der Waals surface area contributed by atoms with Crippen molar-refractivity contribution in [2.24, 2.45) is 11.7 Å². The fourth-order valence-electron chi connectivity index (χ4n) is 3.06. The lowest BCUT2D eigenvalue weighted by Crippen LogP contribution is -2.58. The predicted molar refractivity (Wildman–Crippen MR) is 66.9 cm³/mol. The lowest BCUT2D eigenvalue weighted by molar-refractivity contribution is 0.0361. The predicted octanol–water partition coefficient (Wildman–Crippen LogP) is 2.62. The minimum atomic E-state index is 0.296. The van der Waals surface area contributed by atoms with Crippen LogP contribution in [0.15, 0.2) is 0 Å². The summed E-state index contributed by atoms with van der Waals surface area (Å²) in [6.07, 6.45) is 5.20. The Bertz CT molecular complexity index is 183. The molecule has 2 heteroatoms. The largest absolute Gasteiger partial charge is 0.329 e. The van der Waals surface area contributed by atoms with Crippen LogP contribution in [0.5, 0.6) is 0 Å². The first-order chi connectivity index (χ1) is 7.16. The maximum Gasteiger partial charge on any atom is 0.0359 e. The van der Waals surface area contributed by atoms with Crippen LogP contribution in [0.1, 0.15) is 53.4 Å². The van der Waals surface area contributed by atoms with Crippen LogP contribution in [0.3, 0.4) is 0 Å². The highest BCUT2D eigenvalue weighted by Gasteiger charge is 2.47. The summed E-state index contributed by atoms with van der Waals surface area (Å²) in [5.41, 5.74) is 6.38. The third-order valence-corrected chi connectivity index (χ3v) is 4.34. The number of hydrogen-bond donors (Lipinski definition) is 1. The highest BCUT2D eigenvalue weighted by atomic mass is 15.2. The Morgan fingerprint density at radius 3 is 2.20 bits per heavy atom. The summed E-state index contributed by atoms with van der Waals surface area (Å²) in [5, 5.41) is 0. The van der Waals surface area contributed by atoms with Crippen molar-refractivity contribution in [1.29, 1.82) is 0 Å². The fourth-order valence-corrected chi connectivity index (χ4v) is 3.06. The molecular weight excluding hydrogens is 184 g/mol. The van der Waals surface area contributed by atoms with E-state index < -0.39 is 0 Å². The summed E-state index contributed by atoms with van der Waals surface area (Å²) in [5.74, 6) is 0.862. The van der Waals surface area contributed by atoms with Crippen LogP contribution < -0.4 is 5.73 Å². The van der Waals surface area contributed by atoms with Crippen LogP contribution in [-0.4, -0.2) is 29.6 Å². The number of hydrogen-bond acceptors (Lipinski definition) is 2. The average Bonchev–Trinajstić information content (AvgIpc) is 3.09. The summed E-state index contributed by atoms with van der Waals surface area (Å²) < 4.78 is 0. The van der Waals surface area contributed by atoms with Gasteiger partial charge >= 0.3 is 0 Å². The lowest BCUT2D eigenvalue weighted by atomic mass is 9.86. The molecule has 0 aliphatic heterocycles. The Balaban J connectivity index is 2.83. The quantitative estimate of drug-likeness (QED) is 0.703. The van der Waals surface area contributed by atoms with Gasteiger partial charge in [-0.05, 0) is 45.1 Å². The normalized spacial score (nSPS) is 22.8. The van der Waals surface area contributed by atoms with Crippen molar-refractivity contribution in [3.63, 3.8) is 0 Å². The zero-order chi connectivity index (χ0) is 11.5. The lowest BCUT2D eigenvalue weighted by Gasteiger charge is -2.46. The molecule has 0 aromatic heterocycles. The third-order valence-electron chi connectivity index (χ3n) is 4.34. The van der Waals surface area contributed by atoms with Crippen LogP contribution >= 0.6 is 0 Å². The summed E-state index contributed by atoms with van der Waals surface area (Å²) >= 11 is 0. The number of nitrogens with two attached hydrogens (primary N) is 1. The van der Waals surface area contributed by atoms with Gasteiger partial charge in [0.25, 0.3) is 0 Å². The van der Waals surface area contributed by atoms with Crippen molar-refractivity contribution >= 4 is 0 Å². The molecule has 0 heterocycles. The fraction of sp³-hybridized carbons (Fsp3) is 1.00. The van der Waals surface area contributed by atoms with Crippen molar-refractivity contribution in [3.8, 4) is 0 Å². The topological polar surface area (TPSA) is 29.3 Å². The van der Waals surface area contributed by atoms with Crippen molar-refractivity contribution in [1.82, 2.24) is 4.90 Å². The van der Waals surface area contributed by atoms with E-state index in [-0.39, 0.29) is 0 Å². The molecule has 0 saturated heterocycles. The number of rotatable bonds is 7. The Morgan fingerprint density at radius 1 is 1.33 bits per heavy atom. The van der Waals surface area contributed by atoms with Gasteiger partial charge in [0, 0.05) is 18.1 Å². The summed E-state index contributed by atoms with van der Waals surface area (Å²) in [7, 11) is 0. The third kappa shape index (κ3) is 2.36. The molecule has 0 aromatic rings. The van der Waals surface area contributed by atoms with Crippen LogP contribution in [0.4, 0.5) is 0 Å². The molecule has 2 N–H and O–H groups in total. The van der Waals surface area contributed by atoms with Gasteiger partial charge in [-0.25, -0.2) is 0 Å². The standard InChI is InChI=1S/C13H28N2/c1-5-11(4)15(7-3)13(6-2,10-14)12-8-9-12/h11-12H,5-10,14H2,1-4H3. The van der Waals surface area contributed by atoms with Gasteiger partial charge in [0.05, 0.1) is 0 Å². The second-order valence-electron chi connectivity index (χ2n) is 4.98. The van der Waals surface area contributed by atoms with E-state index in [1.165, 1.54) is 25.7 Å². The van der Waals surface area contributed by atoms with Gasteiger partial charge in [0.1, 0.15) is 0 Å². The van der Waals surface area contributed by atoms with Gasteiger partial charge in [-0.2, -0.15) is 0 Å². The molecule has 1 saturated carbocycles. The summed E-state index contributed by atoms with van der Waals surface area (Å²) in [6.45, 7) is 11.1. The Labute approximate surface area is 95.2 Å². The Morgan fingerprint density at radius 2 is 1.93 bits per heavy atom. The first-order valence-corrected chi connectivity index (χ1v) is 6.63. The van der Waals surface area contributed by atoms with Gasteiger partial charge in [-0.15, -0.1) is 0 Å². The highest BCUT2D eigenvalue weighted by molar-refractivity contribution is 5.03. The van der Waals surface area contributed by atoms with Crippen molar-refractivity contribution in [2.75, 3.05) is 13.1 Å². The first kappa shape index (κ1) is 13.0. The van der Waals surface area contributed by atoms with Crippen molar-refractivity contribution in [2.45, 2.75) is 65.0 Å². The van der Waals surface area contributed by atoms with E-state index in [1.807, 2.05) is 0 Å². The molecular formula is C13H28N2. The molecule has 15 heavy (non-hydrogen) atoms. The zero-order valence-corrected chi connectivity index (χ0v) is 10.9. The van der Waals surface area contributed by atoms with E-state index in [4.69, 9.17) is 5.73 Å². The monoisotopic (exact) mass is 212 g/mol. The van der Waals surface area contributed by atoms with Crippen LogP contribution in [0, 0.1) is 5.92 Å². The van der Waals surface area contributed by atoms with Crippen molar-refractivity contribution < 1.29 is 0 Å². The van der Waals surface area contributed by atoms with Crippen molar-refractivity contribution in [3.05, 3.63) is 0 Å².